The quantitative estimate of drug-likeness (QED) is 0.872. The number of carbonyl (C=O) groups excluding carboxylic acids is 1. The highest BCUT2D eigenvalue weighted by Crippen LogP contribution is 2.19. The van der Waals surface area contributed by atoms with Crippen molar-refractivity contribution in [1.82, 2.24) is 10.2 Å². The topological polar surface area (TPSA) is 41.6 Å². The molecule has 1 aromatic carbocycles. The van der Waals surface area contributed by atoms with Crippen molar-refractivity contribution < 1.29 is 9.53 Å². The summed E-state index contributed by atoms with van der Waals surface area (Å²) in [4.78, 5) is 14.2. The van der Waals surface area contributed by atoms with E-state index in [2.05, 4.69) is 12.2 Å². The van der Waals surface area contributed by atoms with Crippen LogP contribution in [0, 0.1) is 5.92 Å². The van der Waals surface area contributed by atoms with Crippen molar-refractivity contribution in [2.45, 2.75) is 26.2 Å². The molecule has 1 fully saturated rings. The number of aryl methyl sites for hydroxylation is 1. The Labute approximate surface area is 127 Å². The van der Waals surface area contributed by atoms with Gasteiger partial charge in [-0.3, -0.25) is 4.79 Å². The van der Waals surface area contributed by atoms with E-state index in [1.165, 1.54) is 6.42 Å². The predicted molar refractivity (Wildman–Crippen MR) is 84.5 cm³/mol. The Kier molecular flexibility index (Phi) is 6.05. The van der Waals surface area contributed by atoms with E-state index in [0.717, 1.165) is 43.8 Å². The molecule has 0 unspecified atom stereocenters. The van der Waals surface area contributed by atoms with Crippen LogP contribution >= 0.6 is 0 Å². The van der Waals surface area contributed by atoms with E-state index >= 15 is 0 Å². The summed E-state index contributed by atoms with van der Waals surface area (Å²) in [5.41, 5.74) is 1.15. The van der Waals surface area contributed by atoms with Crippen LogP contribution in [0.3, 0.4) is 0 Å². The van der Waals surface area contributed by atoms with Crippen LogP contribution in [0.2, 0.25) is 0 Å². The lowest BCUT2D eigenvalue weighted by atomic mass is 9.98. The number of amides is 1. The Hall–Kier alpha value is -1.55. The number of ether oxygens (including phenoxy) is 1. The highest BCUT2D eigenvalue weighted by Gasteiger charge is 2.23. The molecule has 0 spiro atoms. The van der Waals surface area contributed by atoms with Gasteiger partial charge in [-0.1, -0.05) is 25.1 Å². The zero-order valence-electron chi connectivity index (χ0n) is 13.1. The van der Waals surface area contributed by atoms with Crippen molar-refractivity contribution in [2.75, 3.05) is 33.3 Å². The van der Waals surface area contributed by atoms with Gasteiger partial charge in [-0.05, 0) is 50.4 Å². The first-order valence-electron chi connectivity index (χ1n) is 7.87. The second-order valence-electron chi connectivity index (χ2n) is 5.66. The highest BCUT2D eigenvalue weighted by molar-refractivity contribution is 5.77. The van der Waals surface area contributed by atoms with Crippen LogP contribution < -0.4 is 10.1 Å². The van der Waals surface area contributed by atoms with Crippen LogP contribution in [-0.2, 0) is 11.2 Å². The van der Waals surface area contributed by atoms with Gasteiger partial charge in [-0.2, -0.15) is 0 Å². The number of para-hydroxylation sites is 1. The van der Waals surface area contributed by atoms with Crippen LogP contribution in [-0.4, -0.2) is 44.1 Å². The SMILES string of the molecule is CCc1ccccc1OCC(=O)N1CCC[C@H](CNC)C1. The molecule has 0 aromatic heterocycles. The van der Waals surface area contributed by atoms with Gasteiger partial charge in [0.15, 0.2) is 6.61 Å². The average Bonchev–Trinajstić information content (AvgIpc) is 2.53. The second kappa shape index (κ2) is 8.03. The third kappa shape index (κ3) is 4.46. The lowest BCUT2D eigenvalue weighted by molar-refractivity contribution is -0.135. The van der Waals surface area contributed by atoms with Crippen molar-refractivity contribution in [1.29, 1.82) is 0 Å². The van der Waals surface area contributed by atoms with Gasteiger partial charge in [0.2, 0.25) is 0 Å². The third-order valence-corrected chi connectivity index (χ3v) is 4.07. The van der Waals surface area contributed by atoms with Crippen LogP contribution in [0.25, 0.3) is 0 Å². The Morgan fingerprint density at radius 2 is 2.24 bits per heavy atom. The fraction of sp³-hybridized carbons (Fsp3) is 0.588. The first-order chi connectivity index (χ1) is 10.2. The normalized spacial score (nSPS) is 18.6. The number of nitrogens with zero attached hydrogens (tertiary/aromatic N) is 1. The molecule has 1 aliphatic heterocycles. The maximum absolute atomic E-state index is 12.3. The summed E-state index contributed by atoms with van der Waals surface area (Å²) in [6, 6.07) is 7.93. The molecule has 0 saturated carbocycles. The van der Waals surface area contributed by atoms with Crippen LogP contribution in [0.15, 0.2) is 24.3 Å². The Bertz CT molecular complexity index is 460. The third-order valence-electron chi connectivity index (χ3n) is 4.07. The number of likely N-dealkylation sites (tertiary alicyclic amines) is 1. The first-order valence-corrected chi connectivity index (χ1v) is 7.87. The van der Waals surface area contributed by atoms with E-state index in [4.69, 9.17) is 4.74 Å². The summed E-state index contributed by atoms with van der Waals surface area (Å²) in [6.07, 6.45) is 3.20. The van der Waals surface area contributed by atoms with E-state index in [9.17, 15) is 4.79 Å². The van der Waals surface area contributed by atoms with Crippen molar-refractivity contribution in [2.24, 2.45) is 5.92 Å². The number of hydrogen-bond acceptors (Lipinski definition) is 3. The second-order valence-corrected chi connectivity index (χ2v) is 5.66. The number of carbonyl (C=O) groups is 1. The first kappa shape index (κ1) is 15.8. The summed E-state index contributed by atoms with van der Waals surface area (Å²) in [6.45, 7) is 4.92. The lowest BCUT2D eigenvalue weighted by Crippen LogP contribution is -2.44. The van der Waals surface area contributed by atoms with Crippen molar-refractivity contribution in [3.05, 3.63) is 29.8 Å². The molecule has 0 aliphatic carbocycles. The zero-order valence-corrected chi connectivity index (χ0v) is 13.1. The number of benzene rings is 1. The maximum atomic E-state index is 12.3. The van der Waals surface area contributed by atoms with Gasteiger partial charge in [0.25, 0.3) is 5.91 Å². The van der Waals surface area contributed by atoms with Gasteiger partial charge in [0.05, 0.1) is 0 Å². The minimum absolute atomic E-state index is 0.0988. The smallest absolute Gasteiger partial charge is 0.260 e. The van der Waals surface area contributed by atoms with Gasteiger partial charge in [0.1, 0.15) is 5.75 Å². The minimum atomic E-state index is 0.0988. The molecule has 1 N–H and O–H groups in total. The molecule has 116 valence electrons. The standard InChI is InChI=1S/C17H26N2O2/c1-3-15-8-4-5-9-16(15)21-13-17(20)19-10-6-7-14(12-19)11-18-2/h4-5,8-9,14,18H,3,6-7,10-13H2,1-2H3/t14-/m1/s1. The largest absolute Gasteiger partial charge is 0.483 e. The summed E-state index contributed by atoms with van der Waals surface area (Å²) in [5, 5.41) is 3.20. The average molecular weight is 290 g/mol. The van der Waals surface area contributed by atoms with Gasteiger partial charge >= 0.3 is 0 Å². The molecule has 0 bridgehead atoms. The lowest BCUT2D eigenvalue weighted by Gasteiger charge is -2.32. The molecule has 1 heterocycles. The molecule has 1 aliphatic rings. The van der Waals surface area contributed by atoms with Gasteiger partial charge in [-0.25, -0.2) is 0 Å². The molecule has 4 heteroatoms. The molecule has 4 nitrogen and oxygen atoms in total. The Morgan fingerprint density at radius 1 is 1.43 bits per heavy atom. The van der Waals surface area contributed by atoms with Gasteiger partial charge in [0, 0.05) is 13.1 Å². The van der Waals surface area contributed by atoms with E-state index in [1.807, 2.05) is 36.2 Å². The van der Waals surface area contributed by atoms with E-state index < -0.39 is 0 Å². The summed E-state index contributed by atoms with van der Waals surface area (Å²) in [5.74, 6) is 1.49. The number of nitrogens with one attached hydrogen (secondary N) is 1. The number of hydrogen-bond donors (Lipinski definition) is 1. The van der Waals surface area contributed by atoms with E-state index in [1.54, 1.807) is 0 Å². The van der Waals surface area contributed by atoms with E-state index in [0.29, 0.717) is 5.92 Å². The Morgan fingerprint density at radius 3 is 3.00 bits per heavy atom. The Balaban J connectivity index is 1.86. The maximum Gasteiger partial charge on any atom is 0.260 e. The monoisotopic (exact) mass is 290 g/mol. The predicted octanol–water partition coefficient (Wildman–Crippen LogP) is 2.09. The molecule has 0 radical (unpaired) electrons. The summed E-state index contributed by atoms with van der Waals surface area (Å²) in [7, 11) is 1.96. The highest BCUT2D eigenvalue weighted by atomic mass is 16.5. The minimum Gasteiger partial charge on any atom is -0.483 e. The van der Waals surface area contributed by atoms with Crippen molar-refractivity contribution in [3.8, 4) is 5.75 Å². The fourth-order valence-electron chi connectivity index (χ4n) is 2.91. The van der Waals surface area contributed by atoms with Gasteiger partial charge in [-0.15, -0.1) is 0 Å². The van der Waals surface area contributed by atoms with Crippen LogP contribution in [0.4, 0.5) is 0 Å². The molecular formula is C17H26N2O2. The zero-order chi connectivity index (χ0) is 15.1. The summed E-state index contributed by atoms with van der Waals surface area (Å²) < 4.78 is 5.73. The molecule has 1 saturated heterocycles. The fourth-order valence-corrected chi connectivity index (χ4v) is 2.91. The molecule has 1 amide bonds. The van der Waals surface area contributed by atoms with Crippen molar-refractivity contribution in [3.63, 3.8) is 0 Å². The molecular weight excluding hydrogens is 264 g/mol. The van der Waals surface area contributed by atoms with Crippen LogP contribution in [0.1, 0.15) is 25.3 Å². The molecule has 2 rings (SSSR count). The number of rotatable bonds is 6. The molecule has 1 atom stereocenters. The molecule has 21 heavy (non-hydrogen) atoms. The van der Waals surface area contributed by atoms with Gasteiger partial charge < -0.3 is 15.0 Å². The summed E-state index contributed by atoms with van der Waals surface area (Å²) >= 11 is 0. The number of piperidine rings is 1. The molecule has 1 aromatic rings. The van der Waals surface area contributed by atoms with Crippen molar-refractivity contribution >= 4 is 5.91 Å². The van der Waals surface area contributed by atoms with E-state index in [-0.39, 0.29) is 12.5 Å². The van der Waals surface area contributed by atoms with Crippen LogP contribution in [0.5, 0.6) is 5.75 Å².